The third-order valence-electron chi connectivity index (χ3n) is 2.86. The first kappa shape index (κ1) is 15.4. The highest BCUT2D eigenvalue weighted by atomic mass is 16.5. The first-order valence-corrected chi connectivity index (χ1v) is 6.26. The van der Waals surface area contributed by atoms with Gasteiger partial charge in [-0.25, -0.2) is 0 Å². The first-order chi connectivity index (χ1) is 8.89. The molecular formula is C12H23N5O2. The number of hydrogen-bond donors (Lipinski definition) is 1. The van der Waals surface area contributed by atoms with Crippen molar-refractivity contribution in [3.63, 3.8) is 0 Å². The molecule has 0 atom stereocenters. The van der Waals surface area contributed by atoms with Gasteiger partial charge in [0.15, 0.2) is 0 Å². The summed E-state index contributed by atoms with van der Waals surface area (Å²) in [6.07, 6.45) is 0. The summed E-state index contributed by atoms with van der Waals surface area (Å²) in [5.74, 6) is 0.427. The Bertz CT molecular complexity index is 409. The normalized spacial score (nSPS) is 11.5. The van der Waals surface area contributed by atoms with E-state index in [0.29, 0.717) is 19.2 Å². The molecule has 0 saturated heterocycles. The van der Waals surface area contributed by atoms with Gasteiger partial charge in [0.1, 0.15) is 6.61 Å². The summed E-state index contributed by atoms with van der Waals surface area (Å²) in [6, 6.07) is 0.525. The minimum atomic E-state index is -0.113. The molecule has 1 aromatic heterocycles. The van der Waals surface area contributed by atoms with Crippen LogP contribution >= 0.6 is 0 Å². The van der Waals surface area contributed by atoms with Crippen LogP contribution in [0.1, 0.15) is 20.8 Å². The lowest BCUT2D eigenvalue weighted by Crippen LogP contribution is -2.43. The van der Waals surface area contributed by atoms with Crippen LogP contribution in [0.3, 0.4) is 0 Å². The van der Waals surface area contributed by atoms with Crippen LogP contribution in [-0.4, -0.2) is 59.7 Å². The van der Waals surface area contributed by atoms with Gasteiger partial charge in [-0.15, -0.1) is 4.98 Å². The first-order valence-electron chi connectivity index (χ1n) is 6.26. The molecular weight excluding hydrogens is 246 g/mol. The SMILES string of the molecule is CCOc1nc(NC)nc(OCC(C)(C)N(C)C)n1. The summed E-state index contributed by atoms with van der Waals surface area (Å²) in [6.45, 7) is 7.00. The monoisotopic (exact) mass is 269 g/mol. The number of nitrogens with one attached hydrogen (secondary N) is 1. The molecule has 19 heavy (non-hydrogen) atoms. The number of rotatable bonds is 7. The van der Waals surface area contributed by atoms with Crippen molar-refractivity contribution in [1.82, 2.24) is 19.9 Å². The molecule has 0 amide bonds. The maximum Gasteiger partial charge on any atom is 0.324 e. The third kappa shape index (κ3) is 4.51. The highest BCUT2D eigenvalue weighted by molar-refractivity contribution is 5.26. The van der Waals surface area contributed by atoms with Gasteiger partial charge >= 0.3 is 12.0 Å². The zero-order valence-corrected chi connectivity index (χ0v) is 12.5. The number of nitrogens with zero attached hydrogens (tertiary/aromatic N) is 4. The van der Waals surface area contributed by atoms with Gasteiger partial charge in [0.25, 0.3) is 0 Å². The molecule has 108 valence electrons. The van der Waals surface area contributed by atoms with Crippen LogP contribution in [0.2, 0.25) is 0 Å². The molecule has 7 heteroatoms. The van der Waals surface area contributed by atoms with Crippen molar-refractivity contribution in [2.24, 2.45) is 0 Å². The highest BCUT2D eigenvalue weighted by Gasteiger charge is 2.22. The molecule has 1 aromatic rings. The second-order valence-corrected chi connectivity index (χ2v) is 4.90. The summed E-state index contributed by atoms with van der Waals surface area (Å²) in [5.41, 5.74) is -0.113. The standard InChI is InChI=1S/C12H23N5O2/c1-7-18-10-14-9(13-4)15-11(16-10)19-8-12(2,3)17(5)6/h7-8H2,1-6H3,(H,13,14,15,16). The Balaban J connectivity index is 2.80. The van der Waals surface area contributed by atoms with Gasteiger partial charge < -0.3 is 19.7 Å². The minimum Gasteiger partial charge on any atom is -0.464 e. The molecule has 0 saturated carbocycles. The fourth-order valence-corrected chi connectivity index (χ4v) is 1.08. The highest BCUT2D eigenvalue weighted by Crippen LogP contribution is 2.16. The summed E-state index contributed by atoms with van der Waals surface area (Å²) in [5, 5.41) is 2.85. The number of hydrogen-bond acceptors (Lipinski definition) is 7. The quantitative estimate of drug-likeness (QED) is 0.792. The van der Waals surface area contributed by atoms with Crippen LogP contribution in [-0.2, 0) is 0 Å². The van der Waals surface area contributed by atoms with E-state index in [1.54, 1.807) is 7.05 Å². The van der Waals surface area contributed by atoms with Crippen LogP contribution in [0, 0.1) is 0 Å². The van der Waals surface area contributed by atoms with Crippen LogP contribution in [0.25, 0.3) is 0 Å². The number of ether oxygens (including phenoxy) is 2. The molecule has 1 N–H and O–H groups in total. The predicted molar refractivity (Wildman–Crippen MR) is 73.8 cm³/mol. The molecule has 0 bridgehead atoms. The molecule has 0 fully saturated rings. The van der Waals surface area contributed by atoms with E-state index in [2.05, 4.69) is 39.0 Å². The Kier molecular flexibility index (Phi) is 5.29. The second-order valence-electron chi connectivity index (χ2n) is 4.90. The van der Waals surface area contributed by atoms with E-state index in [-0.39, 0.29) is 17.6 Å². The molecule has 0 spiro atoms. The number of likely N-dealkylation sites (N-methyl/N-ethyl adjacent to an activating group) is 1. The summed E-state index contributed by atoms with van der Waals surface area (Å²) in [7, 11) is 5.74. The molecule has 7 nitrogen and oxygen atoms in total. The van der Waals surface area contributed by atoms with Gasteiger partial charge in [0.05, 0.1) is 6.61 Å². The molecule has 0 unspecified atom stereocenters. The zero-order valence-electron chi connectivity index (χ0n) is 12.5. The predicted octanol–water partition coefficient (Wildman–Crippen LogP) is 1.03. The Morgan fingerprint density at radius 2 is 1.68 bits per heavy atom. The molecule has 0 aromatic carbocycles. The van der Waals surface area contributed by atoms with Crippen LogP contribution < -0.4 is 14.8 Å². The lowest BCUT2D eigenvalue weighted by Gasteiger charge is -2.31. The molecule has 0 aliphatic carbocycles. The van der Waals surface area contributed by atoms with Crippen molar-refractivity contribution in [1.29, 1.82) is 0 Å². The Morgan fingerprint density at radius 3 is 2.16 bits per heavy atom. The van der Waals surface area contributed by atoms with Crippen molar-refractivity contribution in [3.8, 4) is 12.0 Å². The zero-order chi connectivity index (χ0) is 14.5. The fraction of sp³-hybridized carbons (Fsp3) is 0.750. The molecule has 1 rings (SSSR count). The number of aromatic nitrogens is 3. The molecule has 0 radical (unpaired) electrons. The molecule has 0 aliphatic rings. The van der Waals surface area contributed by atoms with Gasteiger partial charge in [0.2, 0.25) is 5.95 Å². The van der Waals surface area contributed by atoms with E-state index < -0.39 is 0 Å². The Labute approximate surface area is 114 Å². The maximum atomic E-state index is 5.64. The Morgan fingerprint density at radius 1 is 1.11 bits per heavy atom. The maximum absolute atomic E-state index is 5.64. The van der Waals surface area contributed by atoms with Crippen molar-refractivity contribution < 1.29 is 9.47 Å². The van der Waals surface area contributed by atoms with Gasteiger partial charge in [0, 0.05) is 12.6 Å². The van der Waals surface area contributed by atoms with Gasteiger partial charge in [-0.2, -0.15) is 9.97 Å². The van der Waals surface area contributed by atoms with Crippen molar-refractivity contribution in [2.75, 3.05) is 39.7 Å². The Hall–Kier alpha value is -1.63. The topological polar surface area (TPSA) is 72.4 Å². The van der Waals surface area contributed by atoms with Crippen LogP contribution in [0.5, 0.6) is 12.0 Å². The van der Waals surface area contributed by atoms with E-state index in [9.17, 15) is 0 Å². The minimum absolute atomic E-state index is 0.113. The van der Waals surface area contributed by atoms with Crippen molar-refractivity contribution in [3.05, 3.63) is 0 Å². The van der Waals surface area contributed by atoms with E-state index in [1.165, 1.54) is 0 Å². The largest absolute Gasteiger partial charge is 0.464 e. The lowest BCUT2D eigenvalue weighted by molar-refractivity contribution is 0.107. The van der Waals surface area contributed by atoms with E-state index in [1.807, 2.05) is 21.0 Å². The average molecular weight is 269 g/mol. The van der Waals surface area contributed by atoms with Gasteiger partial charge in [-0.3, -0.25) is 0 Å². The van der Waals surface area contributed by atoms with Crippen LogP contribution in [0.15, 0.2) is 0 Å². The summed E-state index contributed by atoms with van der Waals surface area (Å²) < 4.78 is 10.9. The number of anilines is 1. The van der Waals surface area contributed by atoms with Gasteiger partial charge in [-0.05, 0) is 34.9 Å². The van der Waals surface area contributed by atoms with Gasteiger partial charge in [-0.1, -0.05) is 0 Å². The van der Waals surface area contributed by atoms with E-state index in [4.69, 9.17) is 9.47 Å². The molecule has 0 aliphatic heterocycles. The lowest BCUT2D eigenvalue weighted by atomic mass is 10.1. The summed E-state index contributed by atoms with van der Waals surface area (Å²) in [4.78, 5) is 14.4. The van der Waals surface area contributed by atoms with Crippen molar-refractivity contribution >= 4 is 5.95 Å². The average Bonchev–Trinajstić information content (AvgIpc) is 2.36. The fourth-order valence-electron chi connectivity index (χ4n) is 1.08. The smallest absolute Gasteiger partial charge is 0.324 e. The van der Waals surface area contributed by atoms with Crippen molar-refractivity contribution in [2.45, 2.75) is 26.3 Å². The molecule has 1 heterocycles. The summed E-state index contributed by atoms with van der Waals surface area (Å²) >= 11 is 0. The van der Waals surface area contributed by atoms with Crippen LogP contribution in [0.4, 0.5) is 5.95 Å². The van der Waals surface area contributed by atoms with E-state index in [0.717, 1.165) is 0 Å². The third-order valence-corrected chi connectivity index (χ3v) is 2.86. The second kappa shape index (κ2) is 6.51. The van der Waals surface area contributed by atoms with E-state index >= 15 is 0 Å².